The number of hydrazone groups is 1. The van der Waals surface area contributed by atoms with Gasteiger partial charge in [-0.15, -0.1) is 0 Å². The molecule has 0 aliphatic rings. The van der Waals surface area contributed by atoms with Crippen LogP contribution >= 0.6 is 0 Å². The summed E-state index contributed by atoms with van der Waals surface area (Å²) >= 11 is 0. The molecule has 0 spiro atoms. The number of anilines is 1. The van der Waals surface area contributed by atoms with Gasteiger partial charge in [0.15, 0.2) is 11.6 Å². The van der Waals surface area contributed by atoms with Crippen molar-refractivity contribution < 1.29 is 22.1 Å². The molecule has 0 unspecified atom stereocenters. The van der Waals surface area contributed by atoms with Gasteiger partial charge >= 0.3 is 0 Å². The molecule has 0 radical (unpaired) electrons. The predicted octanol–water partition coefficient (Wildman–Crippen LogP) is 2.36. The average Bonchev–Trinajstić information content (AvgIpc) is 2.54. The number of nitro groups is 1. The van der Waals surface area contributed by atoms with E-state index in [0.29, 0.717) is 0 Å². The number of nitrogens with one attached hydrogen (secondary N) is 1. The molecule has 2 aromatic rings. The lowest BCUT2D eigenvalue weighted by molar-refractivity contribution is -0.384. The van der Waals surface area contributed by atoms with E-state index >= 15 is 0 Å². The second-order valence-electron chi connectivity index (χ2n) is 4.92. The van der Waals surface area contributed by atoms with E-state index in [1.807, 2.05) is 0 Å². The van der Waals surface area contributed by atoms with Crippen molar-refractivity contribution in [2.45, 2.75) is 11.8 Å². The van der Waals surface area contributed by atoms with E-state index in [1.54, 1.807) is 0 Å². The summed E-state index contributed by atoms with van der Waals surface area (Å²) in [6, 6.07) is 6.13. The molecule has 2 rings (SSSR count). The van der Waals surface area contributed by atoms with Crippen LogP contribution < -0.4 is 10.6 Å². The highest BCUT2D eigenvalue weighted by Gasteiger charge is 2.19. The van der Waals surface area contributed by atoms with E-state index in [9.17, 15) is 27.3 Å². The largest absolute Gasteiger partial charge is 0.295 e. The zero-order chi connectivity index (χ0) is 18.8. The van der Waals surface area contributed by atoms with Crippen LogP contribution in [0.15, 0.2) is 46.4 Å². The maximum absolute atomic E-state index is 13.2. The van der Waals surface area contributed by atoms with Crippen molar-refractivity contribution in [3.8, 4) is 0 Å². The van der Waals surface area contributed by atoms with Crippen LogP contribution in [-0.4, -0.2) is 19.1 Å². The summed E-state index contributed by atoms with van der Waals surface area (Å²) in [4.78, 5) is 9.86. The Bertz CT molecular complexity index is 977. The minimum Gasteiger partial charge on any atom is -0.271 e. The number of nitrogens with zero attached hydrogens (tertiary/aromatic N) is 2. The summed E-state index contributed by atoms with van der Waals surface area (Å²) in [5.74, 6) is -2.07. The molecule has 0 amide bonds. The van der Waals surface area contributed by atoms with Crippen LogP contribution in [0, 0.1) is 21.7 Å². The first-order valence-corrected chi connectivity index (χ1v) is 8.21. The number of primary sulfonamides is 1. The molecular weight excluding hydrogens is 358 g/mol. The Labute approximate surface area is 141 Å². The number of nitrogens with two attached hydrogens (primary N) is 1. The summed E-state index contributed by atoms with van der Waals surface area (Å²) in [7, 11) is -4.10. The fourth-order valence-corrected chi connectivity index (χ4v) is 2.40. The third-order valence-corrected chi connectivity index (χ3v) is 4.09. The van der Waals surface area contributed by atoms with Crippen molar-refractivity contribution in [1.82, 2.24) is 0 Å². The third kappa shape index (κ3) is 4.33. The van der Waals surface area contributed by atoms with Gasteiger partial charge in [-0.25, -0.2) is 22.3 Å². The minimum absolute atomic E-state index is 0.0978. The van der Waals surface area contributed by atoms with Gasteiger partial charge in [-0.2, -0.15) is 5.10 Å². The number of halogens is 2. The van der Waals surface area contributed by atoms with Crippen LogP contribution in [0.1, 0.15) is 12.5 Å². The molecule has 0 fully saturated rings. The Morgan fingerprint density at radius 2 is 1.88 bits per heavy atom. The molecule has 0 heterocycles. The lowest BCUT2D eigenvalue weighted by Gasteiger charge is -2.06. The fourth-order valence-electron chi connectivity index (χ4n) is 1.86. The number of hydrogen-bond acceptors (Lipinski definition) is 6. The first-order valence-electron chi connectivity index (χ1n) is 6.66. The molecule has 0 saturated carbocycles. The highest BCUT2D eigenvalue weighted by molar-refractivity contribution is 7.89. The van der Waals surface area contributed by atoms with E-state index in [0.717, 1.165) is 30.3 Å². The van der Waals surface area contributed by atoms with Gasteiger partial charge in [-0.3, -0.25) is 15.5 Å². The van der Waals surface area contributed by atoms with E-state index in [-0.39, 0.29) is 17.0 Å². The lowest BCUT2D eigenvalue weighted by atomic mass is 10.1. The Morgan fingerprint density at radius 3 is 2.44 bits per heavy atom. The van der Waals surface area contributed by atoms with Gasteiger partial charge in [-0.1, -0.05) is 0 Å². The van der Waals surface area contributed by atoms with Crippen molar-refractivity contribution >= 4 is 27.1 Å². The SMILES string of the molecule is C/C(=N/Nc1ccc(S(N)(=O)=O)cc1[N+](=O)[O-])c1ccc(F)c(F)c1. The zero-order valence-corrected chi connectivity index (χ0v) is 13.5. The average molecular weight is 370 g/mol. The van der Waals surface area contributed by atoms with Gasteiger partial charge in [0.1, 0.15) is 5.69 Å². The van der Waals surface area contributed by atoms with Crippen LogP contribution in [0.25, 0.3) is 0 Å². The normalized spacial score (nSPS) is 12.1. The van der Waals surface area contributed by atoms with Crippen LogP contribution in [0.3, 0.4) is 0 Å². The second-order valence-corrected chi connectivity index (χ2v) is 6.48. The predicted molar refractivity (Wildman–Crippen MR) is 86.7 cm³/mol. The first-order chi connectivity index (χ1) is 11.6. The van der Waals surface area contributed by atoms with Crippen molar-refractivity contribution in [2.75, 3.05) is 5.43 Å². The molecule has 2 aromatic carbocycles. The molecule has 132 valence electrons. The first kappa shape index (κ1) is 18.4. The van der Waals surface area contributed by atoms with E-state index < -0.39 is 37.2 Å². The van der Waals surface area contributed by atoms with E-state index in [2.05, 4.69) is 10.5 Å². The van der Waals surface area contributed by atoms with Crippen LogP contribution in [0.5, 0.6) is 0 Å². The minimum atomic E-state index is -4.10. The molecule has 0 aliphatic carbocycles. The van der Waals surface area contributed by atoms with Gasteiger partial charge in [0, 0.05) is 11.6 Å². The molecule has 0 saturated heterocycles. The quantitative estimate of drug-likeness (QED) is 0.474. The molecule has 0 aliphatic heterocycles. The molecule has 3 N–H and O–H groups in total. The Balaban J connectivity index is 2.36. The van der Waals surface area contributed by atoms with Gasteiger partial charge in [0.05, 0.1) is 15.5 Å². The number of sulfonamides is 1. The van der Waals surface area contributed by atoms with Crippen molar-refractivity contribution in [1.29, 1.82) is 0 Å². The lowest BCUT2D eigenvalue weighted by Crippen LogP contribution is -2.12. The maximum atomic E-state index is 13.2. The molecule has 11 heteroatoms. The van der Waals surface area contributed by atoms with Gasteiger partial charge < -0.3 is 0 Å². The Kier molecular flexibility index (Phi) is 5.09. The molecule has 0 aromatic heterocycles. The summed E-state index contributed by atoms with van der Waals surface area (Å²) in [6.07, 6.45) is 0. The maximum Gasteiger partial charge on any atom is 0.295 e. The van der Waals surface area contributed by atoms with E-state index in [1.165, 1.54) is 13.0 Å². The van der Waals surface area contributed by atoms with Crippen LogP contribution in [0.4, 0.5) is 20.2 Å². The molecule has 0 atom stereocenters. The Morgan fingerprint density at radius 1 is 1.20 bits per heavy atom. The number of benzene rings is 2. The molecule has 0 bridgehead atoms. The number of rotatable bonds is 5. The van der Waals surface area contributed by atoms with Crippen molar-refractivity contribution in [2.24, 2.45) is 10.2 Å². The standard InChI is InChI=1S/C14H12F2N4O4S/c1-8(9-2-4-11(15)12(16)6-9)18-19-13-5-3-10(25(17,23)24)7-14(13)20(21)22/h2-7,19H,1H3,(H2,17,23,24)/b18-8-. The highest BCUT2D eigenvalue weighted by Crippen LogP contribution is 2.27. The summed E-state index contributed by atoms with van der Waals surface area (Å²) in [5, 5.41) is 19.9. The molecule has 25 heavy (non-hydrogen) atoms. The summed E-state index contributed by atoms with van der Waals surface area (Å²) < 4.78 is 48.7. The number of nitro benzene ring substituents is 1. The third-order valence-electron chi connectivity index (χ3n) is 3.18. The molecular formula is C14H12F2N4O4S. The van der Waals surface area contributed by atoms with Crippen molar-refractivity contribution in [3.05, 3.63) is 63.7 Å². The smallest absolute Gasteiger partial charge is 0.271 e. The highest BCUT2D eigenvalue weighted by atomic mass is 32.2. The topological polar surface area (TPSA) is 128 Å². The summed E-state index contributed by atoms with van der Waals surface area (Å²) in [5.41, 5.74) is 2.23. The van der Waals surface area contributed by atoms with Crippen molar-refractivity contribution in [3.63, 3.8) is 0 Å². The number of hydrogen-bond donors (Lipinski definition) is 2. The monoisotopic (exact) mass is 370 g/mol. The van der Waals surface area contributed by atoms with E-state index in [4.69, 9.17) is 5.14 Å². The Hall–Kier alpha value is -2.92. The van der Waals surface area contributed by atoms with Crippen LogP contribution in [0.2, 0.25) is 0 Å². The van der Waals surface area contributed by atoms with Gasteiger partial charge in [-0.05, 0) is 37.3 Å². The van der Waals surface area contributed by atoms with Gasteiger partial charge in [0.2, 0.25) is 10.0 Å². The summed E-state index contributed by atoms with van der Waals surface area (Å²) in [6.45, 7) is 1.48. The van der Waals surface area contributed by atoms with Crippen LogP contribution in [-0.2, 0) is 10.0 Å². The van der Waals surface area contributed by atoms with Gasteiger partial charge in [0.25, 0.3) is 5.69 Å². The zero-order valence-electron chi connectivity index (χ0n) is 12.7. The molecule has 8 nitrogen and oxygen atoms in total. The second kappa shape index (κ2) is 6.91. The fraction of sp³-hybridized carbons (Fsp3) is 0.0714.